The molecule has 1 N–H and O–H groups in total. The molecule has 0 aliphatic rings. The topological polar surface area (TPSA) is 42.7 Å². The highest BCUT2D eigenvalue weighted by Gasteiger charge is 2.14. The van der Waals surface area contributed by atoms with Crippen LogP contribution in [0, 0.1) is 13.8 Å². The van der Waals surface area contributed by atoms with Crippen LogP contribution in [-0.2, 0) is 13.5 Å². The fraction of sp³-hybridized carbons (Fsp3) is 0.500. The van der Waals surface area contributed by atoms with E-state index >= 15 is 0 Å². The van der Waals surface area contributed by atoms with Gasteiger partial charge in [-0.05, 0) is 43.5 Å². The van der Waals surface area contributed by atoms with Crippen molar-refractivity contribution < 1.29 is 0 Å². The Hall–Kier alpha value is -1.68. The number of nitrogens with one attached hydrogen (secondary N) is 1. The van der Waals surface area contributed by atoms with Crippen molar-refractivity contribution in [2.75, 3.05) is 6.54 Å². The molecule has 4 heteroatoms. The molecule has 0 saturated carbocycles. The summed E-state index contributed by atoms with van der Waals surface area (Å²) in [5.41, 5.74) is 5.03. The summed E-state index contributed by atoms with van der Waals surface area (Å²) in [6.45, 7) is 7.51. The lowest BCUT2D eigenvalue weighted by atomic mass is 9.98. The zero-order valence-corrected chi connectivity index (χ0v) is 12.8. The summed E-state index contributed by atoms with van der Waals surface area (Å²) in [7, 11) is 1.90. The van der Waals surface area contributed by atoms with Crippen molar-refractivity contribution in [1.82, 2.24) is 20.3 Å². The first-order valence-electron chi connectivity index (χ1n) is 7.26. The normalized spacial score (nSPS) is 12.6. The highest BCUT2D eigenvalue weighted by molar-refractivity contribution is 5.32. The smallest absolute Gasteiger partial charge is 0.0845 e. The Morgan fingerprint density at radius 3 is 2.65 bits per heavy atom. The van der Waals surface area contributed by atoms with Gasteiger partial charge in [0.05, 0.1) is 5.69 Å². The highest BCUT2D eigenvalue weighted by Crippen LogP contribution is 2.20. The van der Waals surface area contributed by atoms with Crippen LogP contribution >= 0.6 is 0 Å². The van der Waals surface area contributed by atoms with Crippen LogP contribution in [0.25, 0.3) is 0 Å². The number of hydrogen-bond donors (Lipinski definition) is 1. The monoisotopic (exact) mass is 272 g/mol. The molecule has 108 valence electrons. The summed E-state index contributed by atoms with van der Waals surface area (Å²) in [6.07, 6.45) is 3.99. The summed E-state index contributed by atoms with van der Waals surface area (Å²) in [5, 5.41) is 11.8. The van der Waals surface area contributed by atoms with Gasteiger partial charge in [-0.25, -0.2) is 0 Å². The Morgan fingerprint density at radius 2 is 2.05 bits per heavy atom. The van der Waals surface area contributed by atoms with Crippen LogP contribution in [0.2, 0.25) is 0 Å². The molecule has 2 aromatic rings. The molecule has 0 aliphatic carbocycles. The summed E-state index contributed by atoms with van der Waals surface area (Å²) in [4.78, 5) is 0. The third-order valence-electron chi connectivity index (χ3n) is 3.64. The Labute approximate surface area is 121 Å². The van der Waals surface area contributed by atoms with E-state index in [1.165, 1.54) is 16.7 Å². The standard InChI is InChI=1S/C16H24N4/c1-5-8-17-16(10-15-11-20(4)19-18-15)14-7-6-12(2)13(3)9-14/h6-7,9,11,16-17H,5,8,10H2,1-4H3. The van der Waals surface area contributed by atoms with Crippen molar-refractivity contribution in [3.05, 3.63) is 46.8 Å². The van der Waals surface area contributed by atoms with Gasteiger partial charge in [0, 0.05) is 25.7 Å². The molecule has 20 heavy (non-hydrogen) atoms. The lowest BCUT2D eigenvalue weighted by Crippen LogP contribution is -2.24. The third kappa shape index (κ3) is 3.67. The number of benzene rings is 1. The SMILES string of the molecule is CCCNC(Cc1cn(C)nn1)c1ccc(C)c(C)c1. The van der Waals surface area contributed by atoms with Gasteiger partial charge in [0.15, 0.2) is 0 Å². The molecule has 1 aromatic heterocycles. The van der Waals surface area contributed by atoms with Crippen LogP contribution in [0.1, 0.15) is 41.8 Å². The van der Waals surface area contributed by atoms with Gasteiger partial charge in [-0.15, -0.1) is 5.10 Å². The molecule has 0 radical (unpaired) electrons. The van der Waals surface area contributed by atoms with Crippen molar-refractivity contribution in [3.8, 4) is 0 Å². The van der Waals surface area contributed by atoms with E-state index in [-0.39, 0.29) is 0 Å². The van der Waals surface area contributed by atoms with E-state index in [2.05, 4.69) is 54.6 Å². The molecular weight excluding hydrogens is 248 g/mol. The van der Waals surface area contributed by atoms with Gasteiger partial charge in [-0.2, -0.15) is 0 Å². The van der Waals surface area contributed by atoms with Crippen molar-refractivity contribution in [3.63, 3.8) is 0 Å². The van der Waals surface area contributed by atoms with Crippen molar-refractivity contribution in [1.29, 1.82) is 0 Å². The fourth-order valence-corrected chi connectivity index (χ4v) is 2.31. The number of aryl methyl sites for hydroxylation is 3. The summed E-state index contributed by atoms with van der Waals surface area (Å²) < 4.78 is 1.76. The lowest BCUT2D eigenvalue weighted by Gasteiger charge is -2.19. The van der Waals surface area contributed by atoms with Crippen molar-refractivity contribution >= 4 is 0 Å². The van der Waals surface area contributed by atoms with Crippen LogP contribution in [0.3, 0.4) is 0 Å². The molecule has 0 bridgehead atoms. The lowest BCUT2D eigenvalue weighted by molar-refractivity contribution is 0.523. The zero-order chi connectivity index (χ0) is 14.5. The van der Waals surface area contributed by atoms with E-state index in [1.54, 1.807) is 4.68 Å². The second-order valence-electron chi connectivity index (χ2n) is 5.44. The zero-order valence-electron chi connectivity index (χ0n) is 12.8. The third-order valence-corrected chi connectivity index (χ3v) is 3.64. The van der Waals surface area contributed by atoms with Gasteiger partial charge < -0.3 is 5.32 Å². The molecule has 0 saturated heterocycles. The van der Waals surface area contributed by atoms with Crippen LogP contribution in [-0.4, -0.2) is 21.5 Å². The van der Waals surface area contributed by atoms with Gasteiger partial charge in [0.25, 0.3) is 0 Å². The molecule has 1 aromatic carbocycles. The predicted molar refractivity (Wildman–Crippen MR) is 81.7 cm³/mol. The minimum absolute atomic E-state index is 0.297. The first kappa shape index (κ1) is 14.7. The first-order chi connectivity index (χ1) is 9.60. The minimum atomic E-state index is 0.297. The second-order valence-corrected chi connectivity index (χ2v) is 5.44. The van der Waals surface area contributed by atoms with E-state index in [4.69, 9.17) is 0 Å². The molecule has 1 heterocycles. The maximum atomic E-state index is 4.20. The van der Waals surface area contributed by atoms with E-state index in [0.717, 1.165) is 25.1 Å². The Balaban J connectivity index is 2.19. The number of rotatable bonds is 6. The molecule has 1 unspecified atom stereocenters. The van der Waals surface area contributed by atoms with E-state index in [9.17, 15) is 0 Å². The molecule has 0 fully saturated rings. The van der Waals surface area contributed by atoms with E-state index in [1.807, 2.05) is 13.2 Å². The summed E-state index contributed by atoms with van der Waals surface area (Å²) in [5.74, 6) is 0. The molecule has 4 nitrogen and oxygen atoms in total. The van der Waals surface area contributed by atoms with Gasteiger partial charge in [-0.3, -0.25) is 4.68 Å². The molecule has 0 amide bonds. The molecule has 0 aliphatic heterocycles. The van der Waals surface area contributed by atoms with Gasteiger partial charge in [-0.1, -0.05) is 30.3 Å². The van der Waals surface area contributed by atoms with Gasteiger partial charge in [0.2, 0.25) is 0 Å². The van der Waals surface area contributed by atoms with E-state index in [0.29, 0.717) is 6.04 Å². The van der Waals surface area contributed by atoms with Crippen LogP contribution in [0.4, 0.5) is 0 Å². The number of hydrogen-bond acceptors (Lipinski definition) is 3. The van der Waals surface area contributed by atoms with Gasteiger partial charge in [0.1, 0.15) is 0 Å². The highest BCUT2D eigenvalue weighted by atomic mass is 15.4. The molecule has 0 spiro atoms. The fourth-order valence-electron chi connectivity index (χ4n) is 2.31. The van der Waals surface area contributed by atoms with Crippen LogP contribution in [0.5, 0.6) is 0 Å². The summed E-state index contributed by atoms with van der Waals surface area (Å²) in [6, 6.07) is 6.98. The average molecular weight is 272 g/mol. The Kier molecular flexibility index (Phi) is 4.90. The largest absolute Gasteiger partial charge is 0.310 e. The Bertz CT molecular complexity index is 559. The minimum Gasteiger partial charge on any atom is -0.310 e. The number of aromatic nitrogens is 3. The molecule has 2 rings (SSSR count). The Morgan fingerprint density at radius 1 is 1.25 bits per heavy atom. The van der Waals surface area contributed by atoms with Gasteiger partial charge >= 0.3 is 0 Å². The van der Waals surface area contributed by atoms with Crippen molar-refractivity contribution in [2.45, 2.75) is 39.7 Å². The van der Waals surface area contributed by atoms with Crippen LogP contribution < -0.4 is 5.32 Å². The number of nitrogens with zero attached hydrogens (tertiary/aromatic N) is 3. The van der Waals surface area contributed by atoms with Crippen molar-refractivity contribution in [2.24, 2.45) is 7.05 Å². The predicted octanol–water partition coefficient (Wildman–Crippen LogP) is 2.72. The second kappa shape index (κ2) is 6.66. The summed E-state index contributed by atoms with van der Waals surface area (Å²) >= 11 is 0. The maximum absolute atomic E-state index is 4.20. The first-order valence-corrected chi connectivity index (χ1v) is 7.26. The van der Waals surface area contributed by atoms with E-state index < -0.39 is 0 Å². The molecular formula is C16H24N4. The average Bonchev–Trinajstić information content (AvgIpc) is 2.83. The maximum Gasteiger partial charge on any atom is 0.0845 e. The quantitative estimate of drug-likeness (QED) is 0.879. The molecule has 1 atom stereocenters. The van der Waals surface area contributed by atoms with Crippen LogP contribution in [0.15, 0.2) is 24.4 Å².